The average Bonchev–Trinajstić information content (AvgIpc) is 2.88. The summed E-state index contributed by atoms with van der Waals surface area (Å²) in [5.41, 5.74) is 4.30. The van der Waals surface area contributed by atoms with Crippen LogP contribution in [-0.4, -0.2) is 38.6 Å². The Bertz CT molecular complexity index is 1270. The lowest BCUT2D eigenvalue weighted by atomic mass is 10.0. The van der Waals surface area contributed by atoms with E-state index in [9.17, 15) is 4.79 Å². The van der Waals surface area contributed by atoms with Gasteiger partial charge in [0.25, 0.3) is 0 Å². The summed E-state index contributed by atoms with van der Waals surface area (Å²) >= 11 is 0. The van der Waals surface area contributed by atoms with Crippen LogP contribution in [-0.2, 0) is 20.1 Å². The van der Waals surface area contributed by atoms with Crippen LogP contribution < -0.4 is 10.3 Å². The number of rotatable bonds is 6. The van der Waals surface area contributed by atoms with Crippen LogP contribution >= 0.6 is 0 Å². The van der Waals surface area contributed by atoms with Crippen LogP contribution in [0.2, 0.25) is 0 Å². The van der Waals surface area contributed by atoms with Gasteiger partial charge in [-0.15, -0.1) is 0 Å². The molecule has 6 nitrogen and oxygen atoms in total. The molecule has 0 saturated carbocycles. The van der Waals surface area contributed by atoms with Crippen LogP contribution in [0.4, 0.5) is 5.69 Å². The van der Waals surface area contributed by atoms with E-state index in [1.807, 2.05) is 68.4 Å². The average molecular weight is 440 g/mol. The fourth-order valence-electron chi connectivity index (χ4n) is 4.90. The number of aryl methyl sites for hydroxylation is 1. The van der Waals surface area contributed by atoms with Gasteiger partial charge >= 0.3 is 0 Å². The molecule has 4 heterocycles. The molecule has 1 atom stereocenters. The van der Waals surface area contributed by atoms with Gasteiger partial charge in [-0.25, -0.2) is 0 Å². The van der Waals surface area contributed by atoms with E-state index in [2.05, 4.69) is 42.5 Å². The second kappa shape index (κ2) is 9.55. The Morgan fingerprint density at radius 3 is 2.67 bits per heavy atom. The Morgan fingerprint density at radius 1 is 1.00 bits per heavy atom. The molecule has 4 aromatic rings. The number of aromatic nitrogens is 3. The minimum Gasteiger partial charge on any atom is -0.369 e. The van der Waals surface area contributed by atoms with E-state index < -0.39 is 0 Å². The van der Waals surface area contributed by atoms with Crippen LogP contribution in [0.5, 0.6) is 0 Å². The molecule has 33 heavy (non-hydrogen) atoms. The summed E-state index contributed by atoms with van der Waals surface area (Å²) in [5.74, 6) is 0. The first-order valence-corrected chi connectivity index (χ1v) is 11.5. The third kappa shape index (κ3) is 4.66. The number of hydrogen-bond acceptors (Lipinski definition) is 5. The molecule has 1 aromatic carbocycles. The summed E-state index contributed by atoms with van der Waals surface area (Å²) in [6, 6.07) is 16.4. The number of fused-ring (bicyclic) bond motifs is 1. The van der Waals surface area contributed by atoms with E-state index in [4.69, 9.17) is 0 Å². The van der Waals surface area contributed by atoms with E-state index in [1.165, 1.54) is 5.56 Å². The highest BCUT2D eigenvalue weighted by Gasteiger charge is 2.27. The Kier molecular flexibility index (Phi) is 6.17. The maximum absolute atomic E-state index is 13.4. The summed E-state index contributed by atoms with van der Waals surface area (Å²) < 4.78 is 2.07. The van der Waals surface area contributed by atoms with Crippen LogP contribution in [0.15, 0.2) is 84.3 Å². The molecule has 0 bridgehead atoms. The van der Waals surface area contributed by atoms with Crippen molar-refractivity contribution in [2.24, 2.45) is 7.05 Å². The lowest BCUT2D eigenvalue weighted by Gasteiger charge is -2.40. The fourth-order valence-corrected chi connectivity index (χ4v) is 4.90. The van der Waals surface area contributed by atoms with Crippen molar-refractivity contribution in [1.29, 1.82) is 0 Å². The standard InChI is InChI=1S/C27H29N5O/c1-30-18-22(27(33)25-8-2-3-9-26(25)30)19-32(17-21-10-13-28-14-11-21)24-7-5-15-31(20-24)23-6-4-12-29-16-23/h2-4,6,8-14,16,18,24H,5,7,15,17,19-20H2,1H3/t24-/m0/s1. The highest BCUT2D eigenvalue weighted by molar-refractivity contribution is 5.79. The second-order valence-electron chi connectivity index (χ2n) is 8.83. The number of piperidine rings is 1. The third-order valence-corrected chi connectivity index (χ3v) is 6.60. The van der Waals surface area contributed by atoms with Gasteiger partial charge in [0.05, 0.1) is 17.4 Å². The van der Waals surface area contributed by atoms with Crippen molar-refractivity contribution in [1.82, 2.24) is 19.4 Å². The molecule has 5 rings (SSSR count). The van der Waals surface area contributed by atoms with Crippen molar-refractivity contribution < 1.29 is 0 Å². The van der Waals surface area contributed by atoms with Crippen LogP contribution in [0.25, 0.3) is 10.9 Å². The predicted molar refractivity (Wildman–Crippen MR) is 132 cm³/mol. The Labute approximate surface area is 194 Å². The molecule has 1 fully saturated rings. The lowest BCUT2D eigenvalue weighted by Crippen LogP contribution is -2.48. The molecule has 0 radical (unpaired) electrons. The molecule has 1 aliphatic heterocycles. The van der Waals surface area contributed by atoms with Gasteiger partial charge in [0.15, 0.2) is 5.43 Å². The first-order valence-electron chi connectivity index (χ1n) is 11.5. The van der Waals surface area contributed by atoms with Crippen molar-refractivity contribution in [2.45, 2.75) is 32.0 Å². The highest BCUT2D eigenvalue weighted by Crippen LogP contribution is 2.24. The molecule has 0 spiro atoms. The number of hydrogen-bond donors (Lipinski definition) is 0. The zero-order valence-electron chi connectivity index (χ0n) is 19.0. The maximum Gasteiger partial charge on any atom is 0.193 e. The van der Waals surface area contributed by atoms with Gasteiger partial charge in [-0.1, -0.05) is 12.1 Å². The first-order chi connectivity index (χ1) is 16.2. The number of pyridine rings is 3. The number of para-hydroxylation sites is 1. The Balaban J connectivity index is 1.47. The van der Waals surface area contributed by atoms with Crippen molar-refractivity contribution in [3.05, 3.63) is 101 Å². The summed E-state index contributed by atoms with van der Waals surface area (Å²) in [6.45, 7) is 3.35. The molecule has 1 saturated heterocycles. The molecule has 1 aliphatic rings. The van der Waals surface area contributed by atoms with Gasteiger partial charge in [-0.3, -0.25) is 19.7 Å². The fraction of sp³-hybridized carbons (Fsp3) is 0.296. The van der Waals surface area contributed by atoms with E-state index in [0.29, 0.717) is 12.6 Å². The molecule has 0 N–H and O–H groups in total. The largest absolute Gasteiger partial charge is 0.369 e. The quantitative estimate of drug-likeness (QED) is 0.455. The number of benzene rings is 1. The monoisotopic (exact) mass is 439 g/mol. The molecule has 0 amide bonds. The molecule has 3 aromatic heterocycles. The molecular weight excluding hydrogens is 410 g/mol. The third-order valence-electron chi connectivity index (χ3n) is 6.60. The van der Waals surface area contributed by atoms with Crippen molar-refractivity contribution >= 4 is 16.6 Å². The molecule has 0 aliphatic carbocycles. The minimum absolute atomic E-state index is 0.128. The summed E-state index contributed by atoms with van der Waals surface area (Å²) in [6.07, 6.45) is 11.7. The molecular formula is C27H29N5O. The van der Waals surface area contributed by atoms with Crippen LogP contribution in [0.1, 0.15) is 24.0 Å². The van der Waals surface area contributed by atoms with Gasteiger partial charge in [-0.2, -0.15) is 0 Å². The maximum atomic E-state index is 13.4. The van der Waals surface area contributed by atoms with Crippen molar-refractivity contribution in [3.8, 4) is 0 Å². The number of nitrogens with zero attached hydrogens (tertiary/aromatic N) is 5. The van der Waals surface area contributed by atoms with Gasteiger partial charge in [0.1, 0.15) is 0 Å². The van der Waals surface area contributed by atoms with Gasteiger partial charge in [-0.05, 0) is 54.8 Å². The number of anilines is 1. The highest BCUT2D eigenvalue weighted by atomic mass is 16.1. The van der Waals surface area contributed by atoms with Gasteiger partial charge < -0.3 is 9.47 Å². The summed E-state index contributed by atoms with van der Waals surface area (Å²) in [5, 5.41) is 0.780. The van der Waals surface area contributed by atoms with Gasteiger partial charge in [0.2, 0.25) is 0 Å². The molecule has 168 valence electrons. The molecule has 0 unspecified atom stereocenters. The smallest absolute Gasteiger partial charge is 0.193 e. The zero-order valence-corrected chi connectivity index (χ0v) is 19.0. The predicted octanol–water partition coefficient (Wildman–Crippen LogP) is 4.00. The van der Waals surface area contributed by atoms with Crippen molar-refractivity contribution in [2.75, 3.05) is 18.0 Å². The second-order valence-corrected chi connectivity index (χ2v) is 8.83. The topological polar surface area (TPSA) is 54.3 Å². The summed E-state index contributed by atoms with van der Waals surface area (Å²) in [4.78, 5) is 26.7. The zero-order chi connectivity index (χ0) is 22.6. The van der Waals surface area contributed by atoms with E-state index >= 15 is 0 Å². The van der Waals surface area contributed by atoms with E-state index in [-0.39, 0.29) is 5.43 Å². The Hall–Kier alpha value is -3.51. The van der Waals surface area contributed by atoms with Crippen molar-refractivity contribution in [3.63, 3.8) is 0 Å². The summed E-state index contributed by atoms with van der Waals surface area (Å²) in [7, 11) is 2.02. The van der Waals surface area contributed by atoms with Crippen LogP contribution in [0, 0.1) is 0 Å². The SMILES string of the molecule is Cn1cc(CN(Cc2ccncc2)[C@H]2CCCN(c3cccnc3)C2)c(=O)c2ccccc21. The van der Waals surface area contributed by atoms with E-state index in [0.717, 1.165) is 54.6 Å². The first kappa shape index (κ1) is 21.3. The lowest BCUT2D eigenvalue weighted by molar-refractivity contribution is 0.158. The minimum atomic E-state index is 0.128. The Morgan fingerprint density at radius 2 is 1.85 bits per heavy atom. The molecule has 6 heteroatoms. The van der Waals surface area contributed by atoms with E-state index in [1.54, 1.807) is 0 Å². The van der Waals surface area contributed by atoms with Gasteiger partial charge in [0, 0.05) is 75.0 Å². The van der Waals surface area contributed by atoms with Crippen LogP contribution in [0.3, 0.4) is 0 Å². The normalized spacial score (nSPS) is 16.4.